The second-order valence-electron chi connectivity index (χ2n) is 6.44. The number of para-hydroxylation sites is 2. The first-order valence-electron chi connectivity index (χ1n) is 9.29. The summed E-state index contributed by atoms with van der Waals surface area (Å²) < 4.78 is 12.0. The second kappa shape index (κ2) is 8.49. The van der Waals surface area contributed by atoms with E-state index in [9.17, 15) is 4.79 Å². The van der Waals surface area contributed by atoms with E-state index in [1.807, 2.05) is 55.5 Å². The van der Waals surface area contributed by atoms with Crippen molar-refractivity contribution in [3.8, 4) is 17.2 Å². The molecule has 0 aliphatic carbocycles. The van der Waals surface area contributed by atoms with E-state index < -0.39 is 0 Å². The number of hydrogen-bond acceptors (Lipinski definition) is 4. The van der Waals surface area contributed by atoms with Crippen LogP contribution < -0.4 is 10.1 Å². The molecule has 1 N–H and O–H groups in total. The third kappa shape index (κ3) is 4.32. The van der Waals surface area contributed by atoms with Crippen LogP contribution in [0, 0.1) is 0 Å². The smallest absolute Gasteiger partial charge is 0.251 e. The Morgan fingerprint density at radius 2 is 1.90 bits per heavy atom. The van der Waals surface area contributed by atoms with Crippen LogP contribution in [0.25, 0.3) is 22.6 Å². The summed E-state index contributed by atoms with van der Waals surface area (Å²) in [4.78, 5) is 16.9. The molecule has 6 heteroatoms. The summed E-state index contributed by atoms with van der Waals surface area (Å²) in [6.45, 7) is 2.92. The van der Waals surface area contributed by atoms with Gasteiger partial charge >= 0.3 is 0 Å². The van der Waals surface area contributed by atoms with E-state index in [1.54, 1.807) is 18.2 Å². The van der Waals surface area contributed by atoms with Gasteiger partial charge in [-0.05, 0) is 70.9 Å². The molecule has 1 heterocycles. The highest BCUT2D eigenvalue weighted by Gasteiger charge is 2.10. The van der Waals surface area contributed by atoms with E-state index in [1.165, 1.54) is 0 Å². The number of nitrogens with one attached hydrogen (secondary N) is 1. The maximum absolute atomic E-state index is 12.4. The molecule has 0 atom stereocenters. The predicted octanol–water partition coefficient (Wildman–Crippen LogP) is 5.59. The standard InChI is InChI=1S/C23H19BrN2O3/c1-2-28-20-12-11-17(13-18(20)24)22(27)25-14-15-7-9-16(10-8-15)23-26-19-5-3-4-6-21(19)29-23/h3-13H,2,14H2,1H3,(H,25,27). The average Bonchev–Trinajstić information content (AvgIpc) is 3.18. The molecule has 0 spiro atoms. The summed E-state index contributed by atoms with van der Waals surface area (Å²) in [5.74, 6) is 1.16. The number of halogens is 1. The number of aromatic nitrogens is 1. The Balaban J connectivity index is 1.41. The molecular weight excluding hydrogens is 432 g/mol. The fourth-order valence-electron chi connectivity index (χ4n) is 2.96. The molecule has 0 saturated carbocycles. The number of rotatable bonds is 6. The largest absolute Gasteiger partial charge is 0.493 e. The van der Waals surface area contributed by atoms with Crippen molar-refractivity contribution in [2.24, 2.45) is 0 Å². The number of hydrogen-bond donors (Lipinski definition) is 1. The minimum atomic E-state index is -0.142. The van der Waals surface area contributed by atoms with Crippen LogP contribution in [0.4, 0.5) is 0 Å². The minimum absolute atomic E-state index is 0.142. The fourth-order valence-corrected chi connectivity index (χ4v) is 3.45. The first kappa shape index (κ1) is 19.2. The fraction of sp³-hybridized carbons (Fsp3) is 0.130. The van der Waals surface area contributed by atoms with Crippen LogP contribution in [0.15, 0.2) is 75.6 Å². The van der Waals surface area contributed by atoms with Crippen LogP contribution in [0.2, 0.25) is 0 Å². The summed E-state index contributed by atoms with van der Waals surface area (Å²) in [5, 5.41) is 2.94. The predicted molar refractivity (Wildman–Crippen MR) is 116 cm³/mol. The number of benzene rings is 3. The molecule has 4 aromatic rings. The molecule has 0 aliphatic heterocycles. The molecule has 146 valence electrons. The molecule has 0 saturated heterocycles. The first-order chi connectivity index (χ1) is 14.1. The van der Waals surface area contributed by atoms with Crippen LogP contribution in [0.3, 0.4) is 0 Å². The number of ether oxygens (including phenoxy) is 1. The molecule has 0 radical (unpaired) electrons. The molecule has 4 rings (SSSR count). The Morgan fingerprint density at radius 1 is 1.10 bits per heavy atom. The van der Waals surface area contributed by atoms with Crippen molar-refractivity contribution in [3.63, 3.8) is 0 Å². The van der Waals surface area contributed by atoms with Gasteiger partial charge in [-0.15, -0.1) is 0 Å². The van der Waals surface area contributed by atoms with E-state index in [4.69, 9.17) is 9.15 Å². The van der Waals surface area contributed by atoms with Crippen molar-refractivity contribution in [3.05, 3.63) is 82.3 Å². The van der Waals surface area contributed by atoms with Crippen LogP contribution in [0.1, 0.15) is 22.8 Å². The summed E-state index contributed by atoms with van der Waals surface area (Å²) in [6.07, 6.45) is 0. The lowest BCUT2D eigenvalue weighted by Gasteiger charge is -2.09. The summed E-state index contributed by atoms with van der Waals surface area (Å²) in [6, 6.07) is 20.8. The second-order valence-corrected chi connectivity index (χ2v) is 7.30. The zero-order chi connectivity index (χ0) is 20.2. The van der Waals surface area contributed by atoms with Gasteiger partial charge in [0.25, 0.3) is 5.91 Å². The van der Waals surface area contributed by atoms with E-state index >= 15 is 0 Å². The lowest BCUT2D eigenvalue weighted by atomic mass is 10.1. The zero-order valence-electron chi connectivity index (χ0n) is 15.8. The van der Waals surface area contributed by atoms with Crippen molar-refractivity contribution in [2.45, 2.75) is 13.5 Å². The van der Waals surface area contributed by atoms with Crippen molar-refractivity contribution in [1.29, 1.82) is 0 Å². The number of carbonyl (C=O) groups is 1. The van der Waals surface area contributed by atoms with Crippen molar-refractivity contribution in [1.82, 2.24) is 10.3 Å². The lowest BCUT2D eigenvalue weighted by Crippen LogP contribution is -2.22. The van der Waals surface area contributed by atoms with Gasteiger partial charge in [0.05, 0.1) is 11.1 Å². The van der Waals surface area contributed by atoms with Gasteiger partial charge in [0, 0.05) is 17.7 Å². The Bertz CT molecular complexity index is 1120. The third-order valence-corrected chi connectivity index (χ3v) is 5.06. The topological polar surface area (TPSA) is 64.4 Å². The monoisotopic (exact) mass is 450 g/mol. The van der Waals surface area contributed by atoms with Gasteiger partial charge in [0.2, 0.25) is 5.89 Å². The SMILES string of the molecule is CCOc1ccc(C(=O)NCc2ccc(-c3nc4ccccc4o3)cc2)cc1Br. The van der Waals surface area contributed by atoms with Gasteiger partial charge in [-0.25, -0.2) is 4.98 Å². The molecule has 3 aromatic carbocycles. The summed E-state index contributed by atoms with van der Waals surface area (Å²) in [5.41, 5.74) is 4.05. The van der Waals surface area contributed by atoms with E-state index in [-0.39, 0.29) is 5.91 Å². The number of amides is 1. The lowest BCUT2D eigenvalue weighted by molar-refractivity contribution is 0.0951. The van der Waals surface area contributed by atoms with Gasteiger partial charge in [-0.2, -0.15) is 0 Å². The molecule has 1 amide bonds. The maximum Gasteiger partial charge on any atom is 0.251 e. The van der Waals surface area contributed by atoms with Gasteiger partial charge in [-0.3, -0.25) is 4.79 Å². The van der Waals surface area contributed by atoms with Gasteiger partial charge in [0.1, 0.15) is 11.3 Å². The Labute approximate surface area is 176 Å². The zero-order valence-corrected chi connectivity index (χ0v) is 17.4. The number of oxazole rings is 1. The first-order valence-corrected chi connectivity index (χ1v) is 10.1. The summed E-state index contributed by atoms with van der Waals surface area (Å²) in [7, 11) is 0. The van der Waals surface area contributed by atoms with Crippen LogP contribution in [-0.4, -0.2) is 17.5 Å². The van der Waals surface area contributed by atoms with Crippen LogP contribution in [-0.2, 0) is 6.54 Å². The van der Waals surface area contributed by atoms with E-state index in [0.29, 0.717) is 24.6 Å². The quantitative estimate of drug-likeness (QED) is 0.415. The van der Waals surface area contributed by atoms with E-state index in [0.717, 1.165) is 32.4 Å². The molecule has 5 nitrogen and oxygen atoms in total. The maximum atomic E-state index is 12.4. The highest BCUT2D eigenvalue weighted by molar-refractivity contribution is 9.10. The summed E-state index contributed by atoms with van der Waals surface area (Å²) >= 11 is 3.44. The minimum Gasteiger partial charge on any atom is -0.493 e. The van der Waals surface area contributed by atoms with Crippen molar-refractivity contribution < 1.29 is 13.9 Å². The van der Waals surface area contributed by atoms with Crippen LogP contribution in [0.5, 0.6) is 5.75 Å². The Kier molecular flexibility index (Phi) is 5.62. The number of nitrogens with zero attached hydrogens (tertiary/aromatic N) is 1. The Morgan fingerprint density at radius 3 is 2.62 bits per heavy atom. The van der Waals surface area contributed by atoms with Crippen LogP contribution >= 0.6 is 15.9 Å². The highest BCUT2D eigenvalue weighted by Crippen LogP contribution is 2.26. The normalized spacial score (nSPS) is 10.8. The molecule has 0 fully saturated rings. The average molecular weight is 451 g/mol. The number of fused-ring (bicyclic) bond motifs is 1. The van der Waals surface area contributed by atoms with Gasteiger partial charge in [0.15, 0.2) is 5.58 Å². The third-order valence-electron chi connectivity index (χ3n) is 4.44. The van der Waals surface area contributed by atoms with Gasteiger partial charge in [-0.1, -0.05) is 24.3 Å². The highest BCUT2D eigenvalue weighted by atomic mass is 79.9. The molecule has 29 heavy (non-hydrogen) atoms. The molecule has 0 bridgehead atoms. The van der Waals surface area contributed by atoms with E-state index in [2.05, 4.69) is 26.2 Å². The Hall–Kier alpha value is -3.12. The molecule has 0 aliphatic rings. The van der Waals surface area contributed by atoms with Gasteiger partial charge < -0.3 is 14.5 Å². The number of carbonyl (C=O) groups excluding carboxylic acids is 1. The van der Waals surface area contributed by atoms with Crippen molar-refractivity contribution in [2.75, 3.05) is 6.61 Å². The molecule has 0 unspecified atom stereocenters. The molecule has 1 aromatic heterocycles. The van der Waals surface area contributed by atoms with Crippen molar-refractivity contribution >= 4 is 32.9 Å². The molecular formula is C23H19BrN2O3.